The lowest BCUT2D eigenvalue weighted by Crippen LogP contribution is -2.48. The number of hydrogen-bond donors (Lipinski definition) is 1. The van der Waals surface area contributed by atoms with E-state index in [2.05, 4.69) is 24.1 Å². The van der Waals surface area contributed by atoms with Crippen molar-refractivity contribution in [3.63, 3.8) is 0 Å². The van der Waals surface area contributed by atoms with Crippen molar-refractivity contribution in [2.24, 2.45) is 0 Å². The Balaban J connectivity index is 1.90. The Morgan fingerprint density at radius 2 is 2.32 bits per heavy atom. The third kappa shape index (κ3) is 3.81. The summed E-state index contributed by atoms with van der Waals surface area (Å²) in [5.74, 6) is -0.402. The van der Waals surface area contributed by atoms with Crippen molar-refractivity contribution >= 4 is 17.3 Å². The van der Waals surface area contributed by atoms with Crippen LogP contribution in [0, 0.1) is 5.82 Å². The van der Waals surface area contributed by atoms with E-state index in [1.165, 1.54) is 0 Å². The molecule has 19 heavy (non-hydrogen) atoms. The largest absolute Gasteiger partial charge is 0.380 e. The third-order valence-corrected chi connectivity index (χ3v) is 3.66. The van der Waals surface area contributed by atoms with Gasteiger partial charge in [-0.25, -0.2) is 4.39 Å². The van der Waals surface area contributed by atoms with Crippen LogP contribution in [0.1, 0.15) is 13.8 Å². The summed E-state index contributed by atoms with van der Waals surface area (Å²) in [5, 5.41) is 3.21. The van der Waals surface area contributed by atoms with E-state index in [1.807, 2.05) is 0 Å². The van der Waals surface area contributed by atoms with Gasteiger partial charge >= 0.3 is 0 Å². The normalized spacial score (nSPS) is 20.8. The lowest BCUT2D eigenvalue weighted by Gasteiger charge is -2.35. The highest BCUT2D eigenvalue weighted by Gasteiger charge is 2.22. The molecule has 1 aromatic rings. The van der Waals surface area contributed by atoms with E-state index >= 15 is 0 Å². The number of rotatable bonds is 4. The van der Waals surface area contributed by atoms with Crippen LogP contribution in [0.5, 0.6) is 0 Å². The fourth-order valence-electron chi connectivity index (χ4n) is 2.20. The minimum atomic E-state index is -0.402. The zero-order chi connectivity index (χ0) is 13.8. The highest BCUT2D eigenvalue weighted by molar-refractivity contribution is 6.31. The maximum atomic E-state index is 13.7. The Hall–Kier alpha value is -0.840. The Morgan fingerprint density at radius 3 is 3.05 bits per heavy atom. The molecule has 1 saturated heterocycles. The molecule has 0 aliphatic carbocycles. The topological polar surface area (TPSA) is 24.5 Å². The summed E-state index contributed by atoms with van der Waals surface area (Å²) >= 11 is 5.75. The first-order valence-corrected chi connectivity index (χ1v) is 6.99. The second-order valence-corrected chi connectivity index (χ2v) is 5.47. The van der Waals surface area contributed by atoms with Gasteiger partial charge in [0.1, 0.15) is 0 Å². The summed E-state index contributed by atoms with van der Waals surface area (Å²) in [4.78, 5) is 2.37. The molecular weight excluding hydrogens is 267 g/mol. The predicted octanol–water partition coefficient (Wildman–Crippen LogP) is 3.00. The first-order valence-electron chi connectivity index (χ1n) is 6.61. The highest BCUT2D eigenvalue weighted by atomic mass is 35.5. The van der Waals surface area contributed by atoms with E-state index < -0.39 is 5.82 Å². The zero-order valence-electron chi connectivity index (χ0n) is 11.3. The van der Waals surface area contributed by atoms with Crippen molar-refractivity contribution in [3.05, 3.63) is 29.0 Å². The average molecular weight is 287 g/mol. The number of hydrogen-bond acceptors (Lipinski definition) is 3. The van der Waals surface area contributed by atoms with Crippen LogP contribution >= 0.6 is 11.6 Å². The molecule has 0 amide bonds. The van der Waals surface area contributed by atoms with Gasteiger partial charge in [0.25, 0.3) is 0 Å². The summed E-state index contributed by atoms with van der Waals surface area (Å²) in [7, 11) is 0. The standard InChI is InChI=1S/C14H20ClFN2O/c1-10(2)18-6-7-19-11(9-18)8-17-13-5-3-4-12(15)14(13)16/h3-5,10-11,17H,6-9H2,1-2H3. The van der Waals surface area contributed by atoms with E-state index in [-0.39, 0.29) is 11.1 Å². The molecule has 0 aromatic heterocycles. The number of nitrogens with zero attached hydrogens (tertiary/aromatic N) is 1. The molecule has 0 bridgehead atoms. The number of halogens is 2. The molecule has 1 aliphatic rings. The molecule has 3 nitrogen and oxygen atoms in total. The first-order chi connectivity index (χ1) is 9.08. The smallest absolute Gasteiger partial charge is 0.164 e. The Labute approximate surface area is 118 Å². The molecule has 1 atom stereocenters. The Kier molecular flexibility index (Phi) is 5.02. The minimum Gasteiger partial charge on any atom is -0.380 e. The van der Waals surface area contributed by atoms with Crippen molar-refractivity contribution < 1.29 is 9.13 Å². The second kappa shape index (κ2) is 6.55. The summed E-state index contributed by atoms with van der Waals surface area (Å²) in [6.45, 7) is 7.48. The number of morpholine rings is 1. The van der Waals surface area contributed by atoms with Gasteiger partial charge in [-0.2, -0.15) is 0 Å². The molecular formula is C14H20ClFN2O. The van der Waals surface area contributed by atoms with Gasteiger partial charge in [-0.05, 0) is 26.0 Å². The maximum absolute atomic E-state index is 13.7. The van der Waals surface area contributed by atoms with Crippen LogP contribution in [-0.4, -0.2) is 43.3 Å². The van der Waals surface area contributed by atoms with Crippen molar-refractivity contribution in [1.82, 2.24) is 4.90 Å². The van der Waals surface area contributed by atoms with Crippen LogP contribution in [0.25, 0.3) is 0 Å². The van der Waals surface area contributed by atoms with Gasteiger partial charge in [0.15, 0.2) is 5.82 Å². The van der Waals surface area contributed by atoms with Crippen LogP contribution in [0.4, 0.5) is 10.1 Å². The lowest BCUT2D eigenvalue weighted by atomic mass is 10.2. The third-order valence-electron chi connectivity index (χ3n) is 3.37. The number of benzene rings is 1. The van der Waals surface area contributed by atoms with Gasteiger partial charge in [0.05, 0.1) is 23.4 Å². The molecule has 1 unspecified atom stereocenters. The summed E-state index contributed by atoms with van der Waals surface area (Å²) < 4.78 is 19.4. The molecule has 1 fully saturated rings. The van der Waals surface area contributed by atoms with Gasteiger partial charge in [-0.1, -0.05) is 17.7 Å². The molecule has 5 heteroatoms. The van der Waals surface area contributed by atoms with Gasteiger partial charge in [0.2, 0.25) is 0 Å². The molecule has 106 valence electrons. The lowest BCUT2D eigenvalue weighted by molar-refractivity contribution is -0.0315. The monoisotopic (exact) mass is 286 g/mol. The van der Waals surface area contributed by atoms with Gasteiger partial charge in [-0.15, -0.1) is 0 Å². The van der Waals surface area contributed by atoms with Crippen molar-refractivity contribution in [2.75, 3.05) is 31.6 Å². The number of ether oxygens (including phenoxy) is 1. The van der Waals surface area contributed by atoms with E-state index in [0.29, 0.717) is 18.3 Å². The Bertz CT molecular complexity index is 428. The van der Waals surface area contributed by atoms with Crippen LogP contribution in [0.15, 0.2) is 18.2 Å². The summed E-state index contributed by atoms with van der Waals surface area (Å²) in [6.07, 6.45) is 0.0783. The fraction of sp³-hybridized carbons (Fsp3) is 0.571. The molecule has 1 heterocycles. The molecule has 1 aromatic carbocycles. The SMILES string of the molecule is CC(C)N1CCOC(CNc2cccc(Cl)c2F)C1. The van der Waals surface area contributed by atoms with Gasteiger partial charge < -0.3 is 10.1 Å². The van der Waals surface area contributed by atoms with Crippen molar-refractivity contribution in [3.8, 4) is 0 Å². The summed E-state index contributed by atoms with van der Waals surface area (Å²) in [5.41, 5.74) is 0.428. The van der Waals surface area contributed by atoms with Crippen molar-refractivity contribution in [2.45, 2.75) is 26.0 Å². The summed E-state index contributed by atoms with van der Waals surface area (Å²) in [6, 6.07) is 5.47. The number of anilines is 1. The fourth-order valence-corrected chi connectivity index (χ4v) is 2.37. The maximum Gasteiger partial charge on any atom is 0.164 e. The van der Waals surface area contributed by atoms with Gasteiger partial charge in [0, 0.05) is 25.7 Å². The molecule has 0 radical (unpaired) electrons. The number of nitrogens with one attached hydrogen (secondary N) is 1. The first kappa shape index (κ1) is 14.6. The zero-order valence-corrected chi connectivity index (χ0v) is 12.1. The average Bonchev–Trinajstić information content (AvgIpc) is 2.41. The molecule has 1 N–H and O–H groups in total. The quantitative estimate of drug-likeness (QED) is 0.921. The second-order valence-electron chi connectivity index (χ2n) is 5.06. The highest BCUT2D eigenvalue weighted by Crippen LogP contribution is 2.22. The predicted molar refractivity (Wildman–Crippen MR) is 76.3 cm³/mol. The Morgan fingerprint density at radius 1 is 1.53 bits per heavy atom. The van der Waals surface area contributed by atoms with Crippen molar-refractivity contribution in [1.29, 1.82) is 0 Å². The van der Waals surface area contributed by atoms with Crippen LogP contribution in [-0.2, 0) is 4.74 Å². The van der Waals surface area contributed by atoms with Gasteiger partial charge in [-0.3, -0.25) is 4.90 Å². The van der Waals surface area contributed by atoms with Crippen LogP contribution in [0.3, 0.4) is 0 Å². The van der Waals surface area contributed by atoms with E-state index in [0.717, 1.165) is 19.7 Å². The minimum absolute atomic E-state index is 0.0783. The van der Waals surface area contributed by atoms with Crippen LogP contribution < -0.4 is 5.32 Å². The molecule has 2 rings (SSSR count). The van der Waals surface area contributed by atoms with E-state index in [1.54, 1.807) is 18.2 Å². The van der Waals surface area contributed by atoms with E-state index in [4.69, 9.17) is 16.3 Å². The molecule has 1 aliphatic heterocycles. The molecule has 0 spiro atoms. The van der Waals surface area contributed by atoms with E-state index in [9.17, 15) is 4.39 Å². The van der Waals surface area contributed by atoms with Crippen LogP contribution in [0.2, 0.25) is 5.02 Å². The molecule has 0 saturated carbocycles.